The Bertz CT molecular complexity index is 455. The summed E-state index contributed by atoms with van der Waals surface area (Å²) < 4.78 is 0. The predicted octanol–water partition coefficient (Wildman–Crippen LogP) is 2.34. The van der Waals surface area contributed by atoms with Crippen molar-refractivity contribution >= 4 is 5.82 Å². The Balaban J connectivity index is 2.05. The molecule has 2 rings (SSSR count). The van der Waals surface area contributed by atoms with Crippen LogP contribution in [0.4, 0.5) is 5.82 Å². The van der Waals surface area contributed by atoms with Gasteiger partial charge in [-0.25, -0.2) is 4.98 Å². The first kappa shape index (κ1) is 12.8. The number of nitrogens with zero attached hydrogens (tertiary/aromatic N) is 2. The minimum Gasteiger partial charge on any atom is -0.367 e. The molecule has 0 atom stereocenters. The highest BCUT2D eigenvalue weighted by molar-refractivity contribution is 5.52. The fourth-order valence-electron chi connectivity index (χ4n) is 2.47. The second kappa shape index (κ2) is 5.36. The molecular formula is C14H20N4. The molecule has 1 heterocycles. The Morgan fingerprint density at radius 3 is 2.78 bits per heavy atom. The van der Waals surface area contributed by atoms with Crippen molar-refractivity contribution in [3.8, 4) is 6.07 Å². The van der Waals surface area contributed by atoms with E-state index >= 15 is 0 Å². The topological polar surface area (TPSA) is 74.7 Å². The summed E-state index contributed by atoms with van der Waals surface area (Å²) in [6.45, 7) is 2.61. The average Bonchev–Trinajstić information content (AvgIpc) is 2.38. The minimum atomic E-state index is -0.142. The molecule has 1 aliphatic carbocycles. The normalized spacial score (nSPS) is 18.1. The summed E-state index contributed by atoms with van der Waals surface area (Å²) in [6, 6.07) is 5.81. The van der Waals surface area contributed by atoms with Gasteiger partial charge < -0.3 is 11.1 Å². The smallest absolute Gasteiger partial charge is 0.144 e. The molecule has 0 aliphatic heterocycles. The van der Waals surface area contributed by atoms with Gasteiger partial charge in [-0.3, -0.25) is 0 Å². The zero-order valence-electron chi connectivity index (χ0n) is 10.9. The van der Waals surface area contributed by atoms with E-state index in [4.69, 9.17) is 11.0 Å². The molecule has 0 bridgehead atoms. The third kappa shape index (κ3) is 2.99. The fraction of sp³-hybridized carbons (Fsp3) is 0.571. The SMILES string of the molecule is Cc1ccc(C#N)c(NCC2(N)CCCCC2)n1. The summed E-state index contributed by atoms with van der Waals surface area (Å²) in [7, 11) is 0. The van der Waals surface area contributed by atoms with Gasteiger partial charge in [0.15, 0.2) is 0 Å². The number of hydrogen-bond donors (Lipinski definition) is 2. The Kier molecular flexibility index (Phi) is 3.83. The number of nitrogens with two attached hydrogens (primary N) is 1. The van der Waals surface area contributed by atoms with Gasteiger partial charge in [-0.2, -0.15) is 5.26 Å². The second-order valence-corrected chi connectivity index (χ2v) is 5.24. The zero-order chi connectivity index (χ0) is 13.0. The highest BCUT2D eigenvalue weighted by atomic mass is 15.0. The van der Waals surface area contributed by atoms with Gasteiger partial charge in [0.2, 0.25) is 0 Å². The summed E-state index contributed by atoms with van der Waals surface area (Å²) >= 11 is 0. The van der Waals surface area contributed by atoms with Gasteiger partial charge in [0, 0.05) is 17.8 Å². The van der Waals surface area contributed by atoms with E-state index in [9.17, 15) is 0 Å². The highest BCUT2D eigenvalue weighted by Crippen LogP contribution is 2.26. The van der Waals surface area contributed by atoms with Crippen LogP contribution in [0, 0.1) is 18.3 Å². The Morgan fingerprint density at radius 1 is 1.39 bits per heavy atom. The van der Waals surface area contributed by atoms with Crippen molar-refractivity contribution in [2.24, 2.45) is 5.73 Å². The van der Waals surface area contributed by atoms with Crippen LogP contribution in [0.5, 0.6) is 0 Å². The van der Waals surface area contributed by atoms with Crippen LogP contribution in [0.3, 0.4) is 0 Å². The average molecular weight is 244 g/mol. The standard InChI is InChI=1S/C14H20N4/c1-11-5-6-12(9-15)13(18-11)17-10-14(16)7-3-2-4-8-14/h5-6H,2-4,7-8,10,16H2,1H3,(H,17,18). The van der Waals surface area contributed by atoms with Crippen LogP contribution < -0.4 is 11.1 Å². The largest absolute Gasteiger partial charge is 0.367 e. The maximum Gasteiger partial charge on any atom is 0.144 e. The quantitative estimate of drug-likeness (QED) is 0.855. The van der Waals surface area contributed by atoms with Crippen LogP contribution in [-0.2, 0) is 0 Å². The molecule has 96 valence electrons. The van der Waals surface area contributed by atoms with E-state index < -0.39 is 0 Å². The van der Waals surface area contributed by atoms with Gasteiger partial charge in [-0.1, -0.05) is 19.3 Å². The second-order valence-electron chi connectivity index (χ2n) is 5.24. The lowest BCUT2D eigenvalue weighted by atomic mass is 9.82. The van der Waals surface area contributed by atoms with Crippen molar-refractivity contribution in [1.82, 2.24) is 4.98 Å². The molecule has 0 aromatic carbocycles. The van der Waals surface area contributed by atoms with Gasteiger partial charge in [0.25, 0.3) is 0 Å². The molecule has 4 heteroatoms. The van der Waals surface area contributed by atoms with Crippen LogP contribution in [0.15, 0.2) is 12.1 Å². The number of rotatable bonds is 3. The Labute approximate surface area is 108 Å². The predicted molar refractivity (Wildman–Crippen MR) is 72.2 cm³/mol. The molecule has 18 heavy (non-hydrogen) atoms. The van der Waals surface area contributed by atoms with E-state index in [0.717, 1.165) is 18.5 Å². The van der Waals surface area contributed by atoms with E-state index in [1.807, 2.05) is 13.0 Å². The Morgan fingerprint density at radius 2 is 2.11 bits per heavy atom. The number of nitrogens with one attached hydrogen (secondary N) is 1. The maximum atomic E-state index is 9.05. The van der Waals surface area contributed by atoms with Crippen molar-refractivity contribution in [3.05, 3.63) is 23.4 Å². The van der Waals surface area contributed by atoms with Crippen molar-refractivity contribution < 1.29 is 0 Å². The molecule has 1 aromatic rings. The molecule has 1 fully saturated rings. The number of pyridine rings is 1. The number of anilines is 1. The van der Waals surface area contributed by atoms with Crippen LogP contribution in [0.25, 0.3) is 0 Å². The number of aryl methyl sites for hydroxylation is 1. The molecule has 0 radical (unpaired) electrons. The number of aromatic nitrogens is 1. The van der Waals surface area contributed by atoms with E-state index in [-0.39, 0.29) is 5.54 Å². The molecule has 0 spiro atoms. The molecule has 1 aliphatic rings. The first-order chi connectivity index (χ1) is 8.63. The van der Waals surface area contributed by atoms with Gasteiger partial charge in [-0.15, -0.1) is 0 Å². The molecule has 1 aromatic heterocycles. The first-order valence-electron chi connectivity index (χ1n) is 6.53. The van der Waals surface area contributed by atoms with E-state index in [1.165, 1.54) is 19.3 Å². The zero-order valence-corrected chi connectivity index (χ0v) is 10.9. The molecule has 0 amide bonds. The lowest BCUT2D eigenvalue weighted by molar-refractivity contribution is 0.311. The lowest BCUT2D eigenvalue weighted by Crippen LogP contribution is -2.47. The van der Waals surface area contributed by atoms with Crippen LogP contribution in [-0.4, -0.2) is 17.1 Å². The number of nitriles is 1. The molecular weight excluding hydrogens is 224 g/mol. The molecule has 3 N–H and O–H groups in total. The van der Waals surface area contributed by atoms with Gasteiger partial charge in [0.05, 0.1) is 5.56 Å². The fourth-order valence-corrected chi connectivity index (χ4v) is 2.47. The summed E-state index contributed by atoms with van der Waals surface area (Å²) in [4.78, 5) is 4.37. The summed E-state index contributed by atoms with van der Waals surface area (Å²) in [6.07, 6.45) is 5.78. The number of hydrogen-bond acceptors (Lipinski definition) is 4. The summed E-state index contributed by atoms with van der Waals surface area (Å²) in [5.41, 5.74) is 7.71. The minimum absolute atomic E-state index is 0.142. The molecule has 0 unspecified atom stereocenters. The van der Waals surface area contributed by atoms with Crippen LogP contribution in [0.1, 0.15) is 43.4 Å². The molecule has 4 nitrogen and oxygen atoms in total. The first-order valence-corrected chi connectivity index (χ1v) is 6.53. The molecule has 1 saturated carbocycles. The van der Waals surface area contributed by atoms with Gasteiger partial charge in [-0.05, 0) is 31.9 Å². The van der Waals surface area contributed by atoms with E-state index in [1.54, 1.807) is 6.07 Å². The van der Waals surface area contributed by atoms with Crippen molar-refractivity contribution in [1.29, 1.82) is 5.26 Å². The highest BCUT2D eigenvalue weighted by Gasteiger charge is 2.27. The lowest BCUT2D eigenvalue weighted by Gasteiger charge is -2.33. The third-order valence-corrected chi connectivity index (χ3v) is 3.61. The van der Waals surface area contributed by atoms with Crippen molar-refractivity contribution in [2.75, 3.05) is 11.9 Å². The Hall–Kier alpha value is -1.60. The van der Waals surface area contributed by atoms with Gasteiger partial charge >= 0.3 is 0 Å². The maximum absolute atomic E-state index is 9.05. The monoisotopic (exact) mass is 244 g/mol. The van der Waals surface area contributed by atoms with Crippen molar-refractivity contribution in [2.45, 2.75) is 44.6 Å². The van der Waals surface area contributed by atoms with E-state index in [0.29, 0.717) is 17.9 Å². The third-order valence-electron chi connectivity index (χ3n) is 3.61. The van der Waals surface area contributed by atoms with Crippen molar-refractivity contribution in [3.63, 3.8) is 0 Å². The molecule has 0 saturated heterocycles. The van der Waals surface area contributed by atoms with Crippen LogP contribution >= 0.6 is 0 Å². The summed E-state index contributed by atoms with van der Waals surface area (Å²) in [5, 5.41) is 12.3. The summed E-state index contributed by atoms with van der Waals surface area (Å²) in [5.74, 6) is 0.660. The van der Waals surface area contributed by atoms with Gasteiger partial charge in [0.1, 0.15) is 11.9 Å². The van der Waals surface area contributed by atoms with E-state index in [2.05, 4.69) is 16.4 Å². The van der Waals surface area contributed by atoms with Crippen LogP contribution in [0.2, 0.25) is 0 Å².